The van der Waals surface area contributed by atoms with E-state index < -0.39 is 12.2 Å². The first-order valence-electron chi connectivity index (χ1n) is 12.0. The molecule has 1 N–H and O–H groups in total. The van der Waals surface area contributed by atoms with Crippen molar-refractivity contribution in [2.75, 3.05) is 27.2 Å². The van der Waals surface area contributed by atoms with Crippen molar-refractivity contribution in [3.63, 3.8) is 0 Å². The molecule has 182 valence electrons. The second-order valence-electron chi connectivity index (χ2n) is 9.04. The predicted octanol–water partition coefficient (Wildman–Crippen LogP) is 6.13. The summed E-state index contributed by atoms with van der Waals surface area (Å²) in [4.78, 5) is 27.8. The molecule has 3 aromatic carbocycles. The number of benzene rings is 3. The van der Waals surface area contributed by atoms with Gasteiger partial charge < -0.3 is 9.84 Å². The number of carboxylic acid groups (broad SMARTS) is 1. The highest BCUT2D eigenvalue weighted by Crippen LogP contribution is 2.40. The number of unbranched alkanes of at least 4 members (excludes halogenated alkanes) is 1. The molecule has 36 heavy (non-hydrogen) atoms. The molecule has 0 aliphatic carbocycles. The Balaban J connectivity index is 1.98. The van der Waals surface area contributed by atoms with Gasteiger partial charge in [-0.1, -0.05) is 61.6 Å². The number of aromatic nitrogens is 2. The average molecular weight is 482 g/mol. The molecule has 0 aliphatic heterocycles. The Morgan fingerprint density at radius 1 is 0.944 bits per heavy atom. The molecule has 2 heterocycles. The minimum Gasteiger partial charge on any atom is -0.464 e. The van der Waals surface area contributed by atoms with Crippen LogP contribution in [0.3, 0.4) is 0 Å². The van der Waals surface area contributed by atoms with Crippen molar-refractivity contribution < 1.29 is 19.4 Å². The van der Waals surface area contributed by atoms with Crippen molar-refractivity contribution in [2.45, 2.75) is 19.8 Å². The third-order valence-electron chi connectivity index (χ3n) is 6.30. The fourth-order valence-corrected chi connectivity index (χ4v) is 4.74. The highest BCUT2D eigenvalue weighted by Gasteiger charge is 2.25. The van der Waals surface area contributed by atoms with Crippen molar-refractivity contribution in [3.05, 3.63) is 60.2 Å². The Bertz CT molecular complexity index is 1710. The molecule has 7 nitrogen and oxygen atoms in total. The van der Waals surface area contributed by atoms with Gasteiger partial charge in [0.05, 0.1) is 40.8 Å². The van der Waals surface area contributed by atoms with Crippen LogP contribution in [-0.2, 0) is 4.74 Å². The number of para-hydroxylation sites is 2. The summed E-state index contributed by atoms with van der Waals surface area (Å²) in [7, 11) is 3.87. The quantitative estimate of drug-likeness (QED) is 0.247. The maximum Gasteiger partial charge on any atom is 0.419 e. The van der Waals surface area contributed by atoms with Crippen LogP contribution in [0.25, 0.3) is 43.6 Å². The monoisotopic (exact) mass is 481 g/mol. The van der Waals surface area contributed by atoms with Crippen molar-refractivity contribution in [2.24, 2.45) is 0 Å². The zero-order valence-corrected chi connectivity index (χ0v) is 20.5. The third kappa shape index (κ3) is 3.76. The number of hydrogen-bond donors (Lipinski definition) is 1. The zero-order valence-electron chi connectivity index (χ0n) is 20.5. The number of nitrogens with zero attached hydrogens (tertiary/aromatic N) is 3. The highest BCUT2D eigenvalue weighted by atomic mass is 16.5. The Morgan fingerprint density at radius 3 is 2.28 bits per heavy atom. The molecule has 0 saturated carbocycles. The topological polar surface area (TPSA) is 76.7 Å². The van der Waals surface area contributed by atoms with E-state index in [1.54, 1.807) is 10.6 Å². The van der Waals surface area contributed by atoms with Gasteiger partial charge in [0.25, 0.3) is 0 Å². The van der Waals surface area contributed by atoms with E-state index in [9.17, 15) is 14.7 Å². The number of ether oxygens (including phenoxy) is 1. The second kappa shape index (κ2) is 9.40. The Morgan fingerprint density at radius 2 is 1.61 bits per heavy atom. The Hall–Kier alpha value is -4.28. The molecular weight excluding hydrogens is 454 g/mol. The van der Waals surface area contributed by atoms with Gasteiger partial charge in [-0.2, -0.15) is 0 Å². The van der Waals surface area contributed by atoms with Gasteiger partial charge in [-0.15, -0.1) is 0 Å². The van der Waals surface area contributed by atoms with Crippen LogP contribution in [-0.4, -0.2) is 58.6 Å². The van der Waals surface area contributed by atoms with Crippen LogP contribution in [0.5, 0.6) is 0 Å². The second-order valence-corrected chi connectivity index (χ2v) is 9.04. The summed E-state index contributed by atoms with van der Waals surface area (Å²) in [5.74, 6) is 6.51. The molecule has 0 fully saturated rings. The molecule has 0 amide bonds. The molecule has 0 bridgehead atoms. The molecule has 0 radical (unpaired) electrons. The molecule has 7 heteroatoms. The van der Waals surface area contributed by atoms with E-state index in [-0.39, 0.29) is 0 Å². The van der Waals surface area contributed by atoms with Crippen LogP contribution in [0.2, 0.25) is 0 Å². The van der Waals surface area contributed by atoms with Crippen LogP contribution in [0.15, 0.2) is 54.6 Å². The van der Waals surface area contributed by atoms with E-state index in [0.29, 0.717) is 46.2 Å². The van der Waals surface area contributed by atoms with E-state index in [1.807, 2.05) is 74.4 Å². The average Bonchev–Trinajstić information content (AvgIpc) is 3.37. The lowest BCUT2D eigenvalue weighted by molar-refractivity contribution is 0.148. The summed E-state index contributed by atoms with van der Waals surface area (Å²) in [6.45, 7) is 2.88. The molecule has 0 saturated heterocycles. The molecule has 2 aromatic heterocycles. The lowest BCUT2D eigenvalue weighted by Gasteiger charge is -2.10. The van der Waals surface area contributed by atoms with Gasteiger partial charge in [-0.05, 0) is 38.7 Å². The number of fused-ring (bicyclic) bond motifs is 6. The summed E-state index contributed by atoms with van der Waals surface area (Å²) in [5.41, 5.74) is 3.05. The van der Waals surface area contributed by atoms with Gasteiger partial charge in [-0.3, -0.25) is 4.90 Å². The molecule has 5 aromatic rings. The minimum absolute atomic E-state index is 0.325. The first-order chi connectivity index (χ1) is 17.4. The van der Waals surface area contributed by atoms with Gasteiger partial charge in [0, 0.05) is 21.5 Å². The van der Waals surface area contributed by atoms with Gasteiger partial charge in [0.2, 0.25) is 0 Å². The van der Waals surface area contributed by atoms with E-state index in [1.165, 1.54) is 4.57 Å². The van der Waals surface area contributed by atoms with Crippen LogP contribution < -0.4 is 0 Å². The molecule has 0 spiro atoms. The standard InChI is InChI=1S/C29H27N3O4/c1-4-5-17-36-29(35)32-23-14-8-6-11-19(23)22-18-25-26(21(27(22)32)13-10-16-30(2)3)20-12-7-9-15-24(20)31(25)28(33)34/h6-9,11-12,14-15,18H,4-5,16-17H2,1-3H3,(H,33,34). The van der Waals surface area contributed by atoms with Gasteiger partial charge in [-0.25, -0.2) is 18.7 Å². The first kappa shape index (κ1) is 23.5. The normalized spacial score (nSPS) is 11.4. The lowest BCUT2D eigenvalue weighted by Crippen LogP contribution is -2.15. The highest BCUT2D eigenvalue weighted by molar-refractivity contribution is 6.24. The van der Waals surface area contributed by atoms with Crippen LogP contribution >= 0.6 is 0 Å². The molecule has 5 rings (SSSR count). The van der Waals surface area contributed by atoms with Crippen molar-refractivity contribution in [1.82, 2.24) is 14.0 Å². The van der Waals surface area contributed by atoms with E-state index in [4.69, 9.17) is 4.74 Å². The zero-order chi connectivity index (χ0) is 25.4. The van der Waals surface area contributed by atoms with Crippen LogP contribution in [0.1, 0.15) is 25.3 Å². The first-order valence-corrected chi connectivity index (χ1v) is 12.0. The van der Waals surface area contributed by atoms with E-state index >= 15 is 0 Å². The number of carbonyl (C=O) groups excluding carboxylic acids is 1. The number of carbonyl (C=O) groups is 2. The molecule has 0 unspecified atom stereocenters. The summed E-state index contributed by atoms with van der Waals surface area (Å²) in [6, 6.07) is 16.8. The molecule has 0 aliphatic rings. The number of rotatable bonds is 4. The third-order valence-corrected chi connectivity index (χ3v) is 6.30. The number of hydrogen-bond acceptors (Lipinski definition) is 4. The summed E-state index contributed by atoms with van der Waals surface area (Å²) >= 11 is 0. The van der Waals surface area contributed by atoms with Crippen molar-refractivity contribution in [1.29, 1.82) is 0 Å². The predicted molar refractivity (Wildman–Crippen MR) is 143 cm³/mol. The summed E-state index contributed by atoms with van der Waals surface area (Å²) in [5, 5.41) is 13.2. The van der Waals surface area contributed by atoms with Crippen molar-refractivity contribution >= 4 is 55.8 Å². The molecule has 0 atom stereocenters. The maximum absolute atomic E-state index is 13.4. The molecular formula is C29H27N3O4. The Labute approximate surface area is 208 Å². The fraction of sp³-hybridized carbons (Fsp3) is 0.241. The fourth-order valence-electron chi connectivity index (χ4n) is 4.74. The van der Waals surface area contributed by atoms with Crippen molar-refractivity contribution in [3.8, 4) is 11.8 Å². The summed E-state index contributed by atoms with van der Waals surface area (Å²) in [6.07, 6.45) is 0.147. The maximum atomic E-state index is 13.4. The van der Waals surface area contributed by atoms with E-state index in [0.717, 1.165) is 29.0 Å². The SMILES string of the molecule is CCCCOC(=O)n1c2ccccc2c2cc3c(c(C#CCN(C)C)c21)c1ccccc1n3C(=O)O. The summed E-state index contributed by atoms with van der Waals surface area (Å²) < 4.78 is 8.54. The van der Waals surface area contributed by atoms with Crippen LogP contribution in [0.4, 0.5) is 9.59 Å². The van der Waals surface area contributed by atoms with Gasteiger partial charge in [0.15, 0.2) is 0 Å². The van der Waals surface area contributed by atoms with E-state index in [2.05, 4.69) is 11.8 Å². The van der Waals surface area contributed by atoms with Crippen LogP contribution in [0, 0.1) is 11.8 Å². The van der Waals surface area contributed by atoms with Gasteiger partial charge in [0.1, 0.15) is 0 Å². The largest absolute Gasteiger partial charge is 0.464 e. The Kier molecular flexibility index (Phi) is 6.13. The van der Waals surface area contributed by atoms with Gasteiger partial charge >= 0.3 is 12.2 Å². The lowest BCUT2D eigenvalue weighted by atomic mass is 10.0. The smallest absolute Gasteiger partial charge is 0.419 e. The minimum atomic E-state index is -1.07.